The van der Waals surface area contributed by atoms with Gasteiger partial charge in [-0.3, -0.25) is 14.2 Å². The molecular weight excluding hydrogens is 383 g/mol. The third-order valence-electron chi connectivity index (χ3n) is 4.14. The Hall–Kier alpha value is -2.19. The maximum atomic E-state index is 12.1. The first-order valence-electron chi connectivity index (χ1n) is 7.92. The summed E-state index contributed by atoms with van der Waals surface area (Å²) in [5, 5.41) is 12.6. The van der Waals surface area contributed by atoms with Crippen molar-refractivity contribution in [1.82, 2.24) is 19.7 Å². The molecule has 0 bridgehead atoms. The first kappa shape index (κ1) is 16.3. The number of hydrogen-bond donors (Lipinski definition) is 2. The lowest BCUT2D eigenvalue weighted by atomic mass is 10.1. The van der Waals surface area contributed by atoms with Crippen LogP contribution in [0.4, 0.5) is 0 Å². The second-order valence-electron chi connectivity index (χ2n) is 6.04. The van der Waals surface area contributed by atoms with Crippen LogP contribution in [0.15, 0.2) is 35.1 Å². The highest BCUT2D eigenvalue weighted by Gasteiger charge is 2.24. The average Bonchev–Trinajstić information content (AvgIpc) is 3.33. The van der Waals surface area contributed by atoms with Crippen molar-refractivity contribution in [2.45, 2.75) is 25.5 Å². The van der Waals surface area contributed by atoms with E-state index >= 15 is 0 Å². The smallest absolute Gasteiger partial charge is 0.251 e. The molecule has 1 fully saturated rings. The number of carbonyl (C=O) groups excluding carboxylic acids is 1. The Morgan fingerprint density at radius 2 is 2.04 bits per heavy atom. The van der Waals surface area contributed by atoms with Crippen LogP contribution in [0.25, 0.3) is 16.9 Å². The number of amides is 1. The molecule has 0 aliphatic heterocycles. The van der Waals surface area contributed by atoms with E-state index in [1.54, 1.807) is 22.7 Å². The quantitative estimate of drug-likeness (QED) is 0.652. The largest absolute Gasteiger partial charge is 0.390 e. The first-order valence-corrected chi connectivity index (χ1v) is 8.71. The lowest BCUT2D eigenvalue weighted by molar-refractivity contribution is 0.0951. The number of fused-ring (bicyclic) bond motifs is 1. The molecule has 124 valence electrons. The molecule has 2 N–H and O–H groups in total. The molecule has 2 heterocycles. The zero-order valence-corrected chi connectivity index (χ0v) is 14.8. The van der Waals surface area contributed by atoms with Gasteiger partial charge in [0, 0.05) is 29.0 Å². The summed E-state index contributed by atoms with van der Waals surface area (Å²) in [6, 6.07) is 7.55. The Morgan fingerprint density at radius 3 is 2.68 bits per heavy atom. The predicted molar refractivity (Wildman–Crippen MR) is 97.9 cm³/mol. The van der Waals surface area contributed by atoms with Gasteiger partial charge in [-0.15, -0.1) is 0 Å². The number of carbonyl (C=O) groups is 1. The van der Waals surface area contributed by atoms with Gasteiger partial charge in [-0.05, 0) is 40.9 Å². The number of hydrogen-bond acceptors (Lipinski definition) is 4. The molecule has 4 rings (SSSR count). The Balaban J connectivity index is 1.77. The van der Waals surface area contributed by atoms with Gasteiger partial charge in [-0.1, -0.05) is 12.1 Å². The summed E-state index contributed by atoms with van der Waals surface area (Å²) < 4.78 is 2.30. The number of rotatable bonds is 4. The lowest BCUT2D eigenvalue weighted by Crippen LogP contribution is -2.25. The molecule has 1 aliphatic carbocycles. The van der Waals surface area contributed by atoms with Crippen LogP contribution >= 0.6 is 15.9 Å². The number of aliphatic hydroxyl groups is 1. The van der Waals surface area contributed by atoms with Gasteiger partial charge in [0.1, 0.15) is 12.4 Å². The molecule has 2 radical (unpaired) electrons. The van der Waals surface area contributed by atoms with E-state index in [9.17, 15) is 9.90 Å². The van der Waals surface area contributed by atoms with Crippen molar-refractivity contribution in [2.24, 2.45) is 0 Å². The number of aliphatic hydroxyl groups excluding tert-OH is 1. The highest BCUT2D eigenvalue weighted by Crippen LogP contribution is 2.28. The molecule has 2 aromatic heterocycles. The van der Waals surface area contributed by atoms with Gasteiger partial charge in [0.25, 0.3) is 5.91 Å². The third kappa shape index (κ3) is 3.07. The topological polar surface area (TPSA) is 79.5 Å². The fraction of sp³-hybridized carbons (Fsp3) is 0.235. The third-order valence-corrected chi connectivity index (χ3v) is 4.67. The van der Waals surface area contributed by atoms with Crippen molar-refractivity contribution in [3.05, 3.63) is 46.3 Å². The van der Waals surface area contributed by atoms with Crippen LogP contribution in [-0.4, -0.2) is 39.3 Å². The van der Waals surface area contributed by atoms with Crippen LogP contribution in [0.2, 0.25) is 0 Å². The summed E-state index contributed by atoms with van der Waals surface area (Å²) >= 11 is 3.35. The molecule has 0 unspecified atom stereocenters. The lowest BCUT2D eigenvalue weighted by Gasteiger charge is -2.08. The summed E-state index contributed by atoms with van der Waals surface area (Å²) in [5.41, 5.74) is 3.59. The number of aromatic nitrogens is 3. The van der Waals surface area contributed by atoms with E-state index in [0.29, 0.717) is 33.1 Å². The van der Waals surface area contributed by atoms with Crippen LogP contribution in [0, 0.1) is 0 Å². The number of imidazole rings is 1. The maximum absolute atomic E-state index is 12.1. The Morgan fingerprint density at radius 1 is 1.32 bits per heavy atom. The summed E-state index contributed by atoms with van der Waals surface area (Å²) in [6.45, 7) is -0.215. The van der Waals surface area contributed by atoms with Crippen molar-refractivity contribution in [3.63, 3.8) is 0 Å². The second kappa shape index (κ2) is 6.27. The molecule has 1 saturated carbocycles. The predicted octanol–water partition coefficient (Wildman–Crippen LogP) is 1.34. The average molecular weight is 397 g/mol. The van der Waals surface area contributed by atoms with E-state index < -0.39 is 0 Å². The zero-order valence-electron chi connectivity index (χ0n) is 13.2. The summed E-state index contributed by atoms with van der Waals surface area (Å²) in [6.07, 6.45) is 3.76. The fourth-order valence-electron chi connectivity index (χ4n) is 2.77. The van der Waals surface area contributed by atoms with E-state index in [-0.39, 0.29) is 12.5 Å². The first-order chi connectivity index (χ1) is 12.1. The van der Waals surface area contributed by atoms with Crippen molar-refractivity contribution < 1.29 is 9.90 Å². The molecule has 8 heteroatoms. The van der Waals surface area contributed by atoms with Gasteiger partial charge in [0.2, 0.25) is 0 Å². The normalized spacial score (nSPS) is 14.0. The van der Waals surface area contributed by atoms with Crippen LogP contribution < -0.4 is 10.9 Å². The molecule has 1 aromatic carbocycles. The molecule has 0 saturated heterocycles. The zero-order chi connectivity index (χ0) is 17.6. The summed E-state index contributed by atoms with van der Waals surface area (Å²) in [5.74, 6) is -0.0641. The molecule has 6 nitrogen and oxygen atoms in total. The van der Waals surface area contributed by atoms with E-state index in [4.69, 9.17) is 7.85 Å². The molecule has 25 heavy (non-hydrogen) atoms. The molecule has 0 atom stereocenters. The number of nitrogens with one attached hydrogen (secondary N) is 1. The van der Waals surface area contributed by atoms with Crippen LogP contribution in [0.3, 0.4) is 0 Å². The van der Waals surface area contributed by atoms with E-state index in [1.165, 1.54) is 0 Å². The Kier molecular flexibility index (Phi) is 4.09. The van der Waals surface area contributed by atoms with Crippen LogP contribution in [0.1, 0.15) is 28.9 Å². The van der Waals surface area contributed by atoms with Gasteiger partial charge in [0.15, 0.2) is 5.65 Å². The minimum absolute atomic E-state index is 0.0641. The van der Waals surface area contributed by atoms with Gasteiger partial charge in [-0.25, -0.2) is 4.98 Å². The molecule has 1 amide bonds. The molecule has 1 aliphatic rings. The number of benzene rings is 1. The summed E-state index contributed by atoms with van der Waals surface area (Å²) in [4.78, 5) is 20.7. The monoisotopic (exact) mass is 396 g/mol. The molecule has 3 aromatic rings. The van der Waals surface area contributed by atoms with Crippen molar-refractivity contribution in [2.75, 3.05) is 0 Å². The molecular formula is C17H14BBrN4O2. The highest BCUT2D eigenvalue weighted by molar-refractivity contribution is 9.10. The van der Waals surface area contributed by atoms with Crippen molar-refractivity contribution in [1.29, 1.82) is 0 Å². The Labute approximate surface area is 153 Å². The molecule has 0 spiro atoms. The van der Waals surface area contributed by atoms with Crippen LogP contribution in [-0.2, 0) is 6.61 Å². The minimum atomic E-state index is -0.215. The number of nitrogens with zero attached hydrogens (tertiary/aromatic N) is 3. The van der Waals surface area contributed by atoms with E-state index in [0.717, 1.165) is 24.1 Å². The fourth-order valence-corrected chi connectivity index (χ4v) is 3.25. The minimum Gasteiger partial charge on any atom is -0.390 e. The van der Waals surface area contributed by atoms with E-state index in [2.05, 4.69) is 31.2 Å². The second-order valence-corrected chi connectivity index (χ2v) is 6.79. The van der Waals surface area contributed by atoms with Crippen molar-refractivity contribution in [3.8, 4) is 11.3 Å². The SMILES string of the molecule is [B]c1cn2c(-c3ccc(C(=O)NC4CC4)cc3)c(CO)nc2c(Br)n1. The highest BCUT2D eigenvalue weighted by atomic mass is 79.9. The van der Waals surface area contributed by atoms with Crippen LogP contribution in [0.5, 0.6) is 0 Å². The Bertz CT molecular complexity index is 967. The standard InChI is InChI=1S/C17H14BBrN4O2/c18-13-7-23-14(12(8-24)21-16(23)15(19)22-13)9-1-3-10(4-2-9)17(25)20-11-5-6-11/h1-4,7,11,24H,5-6,8H2,(H,20,25). The number of halogens is 1. The van der Waals surface area contributed by atoms with Gasteiger partial charge in [0.05, 0.1) is 18.0 Å². The van der Waals surface area contributed by atoms with Gasteiger partial charge < -0.3 is 10.4 Å². The van der Waals surface area contributed by atoms with Crippen molar-refractivity contribution >= 4 is 40.9 Å². The maximum Gasteiger partial charge on any atom is 0.251 e. The van der Waals surface area contributed by atoms with E-state index in [1.807, 2.05) is 12.1 Å². The summed E-state index contributed by atoms with van der Waals surface area (Å²) in [7, 11) is 5.83. The van der Waals surface area contributed by atoms with Gasteiger partial charge >= 0.3 is 0 Å². The van der Waals surface area contributed by atoms with Gasteiger partial charge in [-0.2, -0.15) is 0 Å².